The summed E-state index contributed by atoms with van der Waals surface area (Å²) in [5, 5.41) is 50.7. The second kappa shape index (κ2) is 12.9. The van der Waals surface area contributed by atoms with E-state index in [0.717, 1.165) is 0 Å². The monoisotopic (exact) mass is 681 g/mol. The molecule has 3 aromatic rings. The summed E-state index contributed by atoms with van der Waals surface area (Å²) in [5.41, 5.74) is 1.61. The van der Waals surface area contributed by atoms with Crippen LogP contribution in [0.5, 0.6) is 0 Å². The van der Waals surface area contributed by atoms with Gasteiger partial charge in [0, 0.05) is 22.8 Å². The molecule has 12 nitrogen and oxygen atoms in total. The Kier molecular flexibility index (Phi) is 9.48. The van der Waals surface area contributed by atoms with E-state index in [0.29, 0.717) is 31.5 Å². The van der Waals surface area contributed by atoms with Gasteiger partial charge >= 0.3 is 0 Å². The van der Waals surface area contributed by atoms with Gasteiger partial charge in [-0.15, -0.1) is 5.10 Å². The topological polar surface area (TPSA) is 163 Å². The number of ether oxygens (including phenoxy) is 3. The number of amides is 1. The Morgan fingerprint density at radius 2 is 2.02 bits per heavy atom. The van der Waals surface area contributed by atoms with E-state index in [1.807, 2.05) is 0 Å². The van der Waals surface area contributed by atoms with Gasteiger partial charge in [0.2, 0.25) is 0 Å². The van der Waals surface area contributed by atoms with Crippen LogP contribution in [0.3, 0.4) is 0 Å². The second-order valence-electron chi connectivity index (χ2n) is 9.86. The summed E-state index contributed by atoms with van der Waals surface area (Å²) in [6, 6.07) is 9.89. The summed E-state index contributed by atoms with van der Waals surface area (Å²) in [6.45, 7) is -0.585. The first kappa shape index (κ1) is 30.8. The molecule has 3 heterocycles. The zero-order valence-corrected chi connectivity index (χ0v) is 25.1. The average Bonchev–Trinajstić information content (AvgIpc) is 3.63. The number of carbonyl (C=O) groups excluding carboxylic acids is 1. The number of aliphatic hydroxyl groups excluding tert-OH is 3. The van der Waals surface area contributed by atoms with Crippen LogP contribution in [-0.4, -0.2) is 99.7 Å². The van der Waals surface area contributed by atoms with E-state index in [4.69, 9.17) is 37.4 Å². The van der Waals surface area contributed by atoms with Crippen molar-refractivity contribution in [3.63, 3.8) is 0 Å². The number of hydrogen-bond acceptors (Lipinski definition) is 10. The van der Waals surface area contributed by atoms with Gasteiger partial charge in [-0.1, -0.05) is 50.4 Å². The number of methoxy groups -OCH3 is 1. The lowest BCUT2D eigenvalue weighted by atomic mass is 9.91. The van der Waals surface area contributed by atoms with Gasteiger partial charge < -0.3 is 34.4 Å². The summed E-state index contributed by atoms with van der Waals surface area (Å²) in [7, 11) is 1.36. The van der Waals surface area contributed by atoms with E-state index in [1.165, 1.54) is 22.8 Å². The number of rotatable bonds is 7. The zero-order chi connectivity index (χ0) is 30.1. The molecule has 0 saturated carbocycles. The van der Waals surface area contributed by atoms with Crippen LogP contribution >= 0.6 is 39.1 Å². The van der Waals surface area contributed by atoms with Crippen molar-refractivity contribution in [2.45, 2.75) is 42.6 Å². The first-order chi connectivity index (χ1) is 20.2. The Morgan fingerprint density at radius 3 is 2.67 bits per heavy atom. The van der Waals surface area contributed by atoms with Gasteiger partial charge in [0.1, 0.15) is 36.2 Å². The molecule has 42 heavy (non-hydrogen) atoms. The van der Waals surface area contributed by atoms with Gasteiger partial charge in [-0.3, -0.25) is 4.79 Å². The Hall–Kier alpha value is -2.64. The SMILES string of the molecule is COC1C(C(=O)N(c2cc(Br)cc(C#N)c2)[C@@H]2COC[C@H]2O)OC(CO)C(O)C1n1cc(-c2ccc(Cl)c(Cl)c2)nn1. The molecule has 5 rings (SSSR count). The van der Waals surface area contributed by atoms with Gasteiger partial charge in [0.15, 0.2) is 6.10 Å². The lowest BCUT2D eigenvalue weighted by Gasteiger charge is -2.45. The largest absolute Gasteiger partial charge is 0.394 e. The standard InChI is InChI=1S/C27H26BrCl2N5O7/c1-40-25-23(34-9-19(32-33-34)14-2-3-17(29)18(30)6-14)24(38)22(10-36)42-26(25)27(39)35(20-11-41-12-21(20)37)16-5-13(8-31)4-15(28)7-16/h2-7,9,20-26,36-38H,10-12H2,1H3/t20-,21-,22?,23?,24?,25?,26?/m1/s1. The summed E-state index contributed by atoms with van der Waals surface area (Å²) >= 11 is 15.6. The summed E-state index contributed by atoms with van der Waals surface area (Å²) in [4.78, 5) is 15.7. The van der Waals surface area contributed by atoms with Crippen molar-refractivity contribution in [1.29, 1.82) is 5.26 Å². The lowest BCUT2D eigenvalue weighted by Crippen LogP contribution is -2.63. The number of nitriles is 1. The molecule has 2 saturated heterocycles. The molecule has 0 aliphatic carbocycles. The molecule has 0 bridgehead atoms. The predicted molar refractivity (Wildman–Crippen MR) is 154 cm³/mol. The normalized spacial score (nSPS) is 27.5. The third-order valence-electron chi connectivity index (χ3n) is 7.29. The van der Waals surface area contributed by atoms with E-state index in [-0.39, 0.29) is 18.8 Å². The maximum Gasteiger partial charge on any atom is 0.259 e. The van der Waals surface area contributed by atoms with Crippen LogP contribution in [0.15, 0.2) is 47.1 Å². The maximum atomic E-state index is 14.4. The van der Waals surface area contributed by atoms with Gasteiger partial charge in [0.05, 0.1) is 53.7 Å². The number of nitrogens with zero attached hydrogens (tertiary/aromatic N) is 5. The number of hydrogen-bond donors (Lipinski definition) is 3. The van der Waals surface area contributed by atoms with Crippen LogP contribution in [-0.2, 0) is 19.0 Å². The van der Waals surface area contributed by atoms with Gasteiger partial charge in [-0.25, -0.2) is 4.68 Å². The molecule has 2 aliphatic heterocycles. The molecule has 2 aliphatic rings. The number of benzene rings is 2. The van der Waals surface area contributed by atoms with Crippen LogP contribution in [0.1, 0.15) is 11.6 Å². The second-order valence-corrected chi connectivity index (χ2v) is 11.6. The first-order valence-corrected chi connectivity index (χ1v) is 14.4. The van der Waals surface area contributed by atoms with Crippen molar-refractivity contribution in [3.8, 4) is 17.3 Å². The Balaban J connectivity index is 1.55. The molecule has 0 radical (unpaired) electrons. The highest BCUT2D eigenvalue weighted by molar-refractivity contribution is 9.10. The van der Waals surface area contributed by atoms with Crippen molar-refractivity contribution in [1.82, 2.24) is 15.0 Å². The molecular formula is C27H26BrCl2N5O7. The van der Waals surface area contributed by atoms with Crippen molar-refractivity contribution in [2.24, 2.45) is 0 Å². The highest BCUT2D eigenvalue weighted by Gasteiger charge is 2.52. The minimum Gasteiger partial charge on any atom is -0.394 e. The van der Waals surface area contributed by atoms with Crippen molar-refractivity contribution < 1.29 is 34.3 Å². The van der Waals surface area contributed by atoms with E-state index in [9.17, 15) is 25.4 Å². The summed E-state index contributed by atoms with van der Waals surface area (Å²) < 4.78 is 19.1. The average molecular weight is 683 g/mol. The predicted octanol–water partition coefficient (Wildman–Crippen LogP) is 2.36. The van der Waals surface area contributed by atoms with Crippen molar-refractivity contribution in [3.05, 3.63) is 62.7 Å². The lowest BCUT2D eigenvalue weighted by molar-refractivity contribution is -0.211. The molecule has 222 valence electrons. The molecule has 7 atom stereocenters. The van der Waals surface area contributed by atoms with Crippen LogP contribution < -0.4 is 4.90 Å². The maximum absolute atomic E-state index is 14.4. The molecule has 2 aromatic carbocycles. The fourth-order valence-corrected chi connectivity index (χ4v) is 6.02. The van der Waals surface area contributed by atoms with Gasteiger partial charge in [-0.2, -0.15) is 5.26 Å². The van der Waals surface area contributed by atoms with Crippen LogP contribution in [0.25, 0.3) is 11.3 Å². The van der Waals surface area contributed by atoms with E-state index in [2.05, 4.69) is 32.3 Å². The molecule has 1 amide bonds. The molecule has 5 unspecified atom stereocenters. The molecular weight excluding hydrogens is 657 g/mol. The molecule has 1 aromatic heterocycles. The molecule has 15 heteroatoms. The minimum absolute atomic E-state index is 0.00381. The van der Waals surface area contributed by atoms with Gasteiger partial charge in [-0.05, 0) is 30.3 Å². The van der Waals surface area contributed by atoms with E-state index < -0.39 is 55.1 Å². The van der Waals surface area contributed by atoms with Crippen molar-refractivity contribution in [2.75, 3.05) is 31.8 Å². The molecule has 2 fully saturated rings. The van der Waals surface area contributed by atoms with Crippen LogP contribution in [0.2, 0.25) is 10.0 Å². The summed E-state index contributed by atoms with van der Waals surface area (Å²) in [5.74, 6) is -0.640. The Labute approximate surface area is 259 Å². The third-order valence-corrected chi connectivity index (χ3v) is 8.49. The minimum atomic E-state index is -1.38. The Morgan fingerprint density at radius 1 is 1.24 bits per heavy atom. The number of aliphatic hydroxyl groups is 3. The quantitative estimate of drug-likeness (QED) is 0.337. The fourth-order valence-electron chi connectivity index (χ4n) is 5.24. The number of aromatic nitrogens is 3. The smallest absolute Gasteiger partial charge is 0.259 e. The number of carbonyl (C=O) groups is 1. The van der Waals surface area contributed by atoms with E-state index >= 15 is 0 Å². The van der Waals surface area contributed by atoms with E-state index in [1.54, 1.807) is 36.5 Å². The summed E-state index contributed by atoms with van der Waals surface area (Å²) in [6.07, 6.45) is -4.52. The van der Waals surface area contributed by atoms with Crippen LogP contribution in [0, 0.1) is 11.3 Å². The Bertz CT molecular complexity index is 1500. The molecule has 3 N–H and O–H groups in total. The van der Waals surface area contributed by atoms with Gasteiger partial charge in [0.25, 0.3) is 5.91 Å². The highest BCUT2D eigenvalue weighted by atomic mass is 79.9. The van der Waals surface area contributed by atoms with Crippen molar-refractivity contribution >= 4 is 50.7 Å². The van der Waals surface area contributed by atoms with Crippen LogP contribution in [0.4, 0.5) is 5.69 Å². The molecule has 0 spiro atoms. The zero-order valence-electron chi connectivity index (χ0n) is 22.0. The highest BCUT2D eigenvalue weighted by Crippen LogP contribution is 2.36. The first-order valence-electron chi connectivity index (χ1n) is 12.8. The third kappa shape index (κ3) is 5.92. The number of anilines is 1. The number of halogens is 3. The fraction of sp³-hybridized carbons (Fsp3) is 0.407.